The van der Waals surface area contributed by atoms with Crippen LogP contribution in [0.25, 0.3) is 0 Å². The minimum Gasteiger partial charge on any atom is -0.381 e. The van der Waals surface area contributed by atoms with Gasteiger partial charge in [0.25, 0.3) is 0 Å². The van der Waals surface area contributed by atoms with Crippen LogP contribution in [-0.2, 0) is 11.3 Å². The van der Waals surface area contributed by atoms with Crippen molar-refractivity contribution in [1.29, 1.82) is 0 Å². The lowest BCUT2D eigenvalue weighted by Crippen LogP contribution is -2.47. The summed E-state index contributed by atoms with van der Waals surface area (Å²) in [4.78, 5) is 2.33. The molecule has 2 unspecified atom stereocenters. The molecule has 0 aliphatic carbocycles. The van der Waals surface area contributed by atoms with Crippen molar-refractivity contribution in [2.75, 3.05) is 20.2 Å². The lowest BCUT2D eigenvalue weighted by Gasteiger charge is -2.38. The first-order chi connectivity index (χ1) is 9.13. The van der Waals surface area contributed by atoms with Crippen molar-refractivity contribution < 1.29 is 9.13 Å². The van der Waals surface area contributed by atoms with Gasteiger partial charge in [-0.3, -0.25) is 4.90 Å². The highest BCUT2D eigenvalue weighted by atomic mass is 19.1. The molecule has 0 spiro atoms. The molecule has 106 valence electrons. The van der Waals surface area contributed by atoms with E-state index in [1.54, 1.807) is 20.1 Å². The van der Waals surface area contributed by atoms with Gasteiger partial charge in [-0.1, -0.05) is 12.1 Å². The topological polar surface area (TPSA) is 38.5 Å². The highest BCUT2D eigenvalue weighted by Gasteiger charge is 2.27. The van der Waals surface area contributed by atoms with Crippen LogP contribution < -0.4 is 5.73 Å². The molecule has 2 rings (SSSR count). The second-order valence-corrected chi connectivity index (χ2v) is 5.33. The molecule has 2 atom stereocenters. The van der Waals surface area contributed by atoms with Gasteiger partial charge in [0, 0.05) is 32.8 Å². The average molecular weight is 266 g/mol. The largest absolute Gasteiger partial charge is 0.381 e. The molecule has 1 heterocycles. The standard InChI is InChI=1S/C15H23FN2O/c1-11-3-4-12(7-15(11)16)10-18-6-5-14(19-2)8-13(18)9-17/h3-4,7,13-14H,5-6,8-10,17H2,1-2H3. The molecule has 3 nitrogen and oxygen atoms in total. The van der Waals surface area contributed by atoms with E-state index in [0.717, 1.165) is 31.5 Å². The van der Waals surface area contributed by atoms with Crippen LogP contribution in [0.1, 0.15) is 24.0 Å². The number of halogens is 1. The Hall–Kier alpha value is -0.970. The Morgan fingerprint density at radius 2 is 2.26 bits per heavy atom. The Morgan fingerprint density at radius 3 is 2.89 bits per heavy atom. The zero-order valence-electron chi connectivity index (χ0n) is 11.7. The summed E-state index contributed by atoms with van der Waals surface area (Å²) in [5.74, 6) is -0.131. The van der Waals surface area contributed by atoms with Gasteiger partial charge in [0.05, 0.1) is 6.10 Å². The normalized spacial score (nSPS) is 24.6. The van der Waals surface area contributed by atoms with Gasteiger partial charge in [-0.15, -0.1) is 0 Å². The molecule has 1 aliphatic rings. The van der Waals surface area contributed by atoms with Gasteiger partial charge in [0.15, 0.2) is 0 Å². The van der Waals surface area contributed by atoms with E-state index >= 15 is 0 Å². The minimum absolute atomic E-state index is 0.131. The Kier molecular flexibility index (Phi) is 4.91. The molecule has 1 aliphatic heterocycles. The number of ether oxygens (including phenoxy) is 1. The maximum absolute atomic E-state index is 13.6. The van der Waals surface area contributed by atoms with E-state index < -0.39 is 0 Å². The summed E-state index contributed by atoms with van der Waals surface area (Å²) in [6.45, 7) is 4.12. The van der Waals surface area contributed by atoms with Gasteiger partial charge >= 0.3 is 0 Å². The zero-order chi connectivity index (χ0) is 13.8. The molecule has 0 aromatic heterocycles. The van der Waals surface area contributed by atoms with E-state index in [-0.39, 0.29) is 5.82 Å². The van der Waals surface area contributed by atoms with Crippen molar-refractivity contribution in [3.63, 3.8) is 0 Å². The van der Waals surface area contributed by atoms with E-state index in [9.17, 15) is 4.39 Å². The molecule has 0 amide bonds. The summed E-state index contributed by atoms with van der Waals surface area (Å²) in [7, 11) is 1.75. The maximum Gasteiger partial charge on any atom is 0.126 e. The number of benzene rings is 1. The van der Waals surface area contributed by atoms with Crippen molar-refractivity contribution in [3.8, 4) is 0 Å². The van der Waals surface area contributed by atoms with Crippen molar-refractivity contribution >= 4 is 0 Å². The van der Waals surface area contributed by atoms with Gasteiger partial charge in [-0.05, 0) is 37.0 Å². The lowest BCUT2D eigenvalue weighted by atomic mass is 9.98. The van der Waals surface area contributed by atoms with Crippen LogP contribution in [0.3, 0.4) is 0 Å². The Labute approximate surface area is 114 Å². The monoisotopic (exact) mass is 266 g/mol. The van der Waals surface area contributed by atoms with Gasteiger partial charge in [-0.25, -0.2) is 4.39 Å². The minimum atomic E-state index is -0.131. The Morgan fingerprint density at radius 1 is 1.47 bits per heavy atom. The van der Waals surface area contributed by atoms with Gasteiger partial charge in [0.1, 0.15) is 5.82 Å². The summed E-state index contributed by atoms with van der Waals surface area (Å²) < 4.78 is 19.0. The molecule has 0 radical (unpaired) electrons. The van der Waals surface area contributed by atoms with Gasteiger partial charge in [0.2, 0.25) is 0 Å². The Bertz CT molecular complexity index is 425. The maximum atomic E-state index is 13.6. The first-order valence-electron chi connectivity index (χ1n) is 6.86. The average Bonchev–Trinajstić information content (AvgIpc) is 2.43. The molecule has 19 heavy (non-hydrogen) atoms. The smallest absolute Gasteiger partial charge is 0.126 e. The quantitative estimate of drug-likeness (QED) is 0.906. The summed E-state index contributed by atoms with van der Waals surface area (Å²) in [5.41, 5.74) is 7.55. The summed E-state index contributed by atoms with van der Waals surface area (Å²) in [5, 5.41) is 0. The number of methoxy groups -OCH3 is 1. The van der Waals surface area contributed by atoms with Crippen LogP contribution >= 0.6 is 0 Å². The van der Waals surface area contributed by atoms with Crippen LogP contribution in [0.5, 0.6) is 0 Å². The van der Waals surface area contributed by atoms with Crippen LogP contribution in [-0.4, -0.2) is 37.2 Å². The summed E-state index contributed by atoms with van der Waals surface area (Å²) >= 11 is 0. The number of likely N-dealkylation sites (tertiary alicyclic amines) is 1. The molecule has 2 N–H and O–H groups in total. The van der Waals surface area contributed by atoms with Crippen LogP contribution in [0.15, 0.2) is 18.2 Å². The molecule has 1 aromatic carbocycles. The number of hydrogen-bond donors (Lipinski definition) is 1. The predicted octanol–water partition coefficient (Wildman–Crippen LogP) is 2.07. The first kappa shape index (κ1) is 14.4. The third-order valence-corrected chi connectivity index (χ3v) is 4.02. The Balaban J connectivity index is 2.03. The molecular formula is C15H23FN2O. The molecule has 1 fully saturated rings. The van der Waals surface area contributed by atoms with Crippen molar-refractivity contribution in [3.05, 3.63) is 35.1 Å². The molecule has 1 saturated heterocycles. The lowest BCUT2D eigenvalue weighted by molar-refractivity contribution is 0.0102. The van der Waals surface area contributed by atoms with Gasteiger partial charge in [-0.2, -0.15) is 0 Å². The fourth-order valence-corrected chi connectivity index (χ4v) is 2.70. The van der Waals surface area contributed by atoms with E-state index in [1.807, 2.05) is 12.1 Å². The molecule has 0 bridgehead atoms. The van der Waals surface area contributed by atoms with E-state index in [2.05, 4.69) is 4.90 Å². The van der Waals surface area contributed by atoms with Crippen LogP contribution in [0.4, 0.5) is 4.39 Å². The van der Waals surface area contributed by atoms with E-state index in [1.165, 1.54) is 0 Å². The SMILES string of the molecule is COC1CCN(Cc2ccc(C)c(F)c2)C(CN)C1. The molecule has 0 saturated carbocycles. The fourth-order valence-electron chi connectivity index (χ4n) is 2.70. The number of aryl methyl sites for hydroxylation is 1. The van der Waals surface area contributed by atoms with E-state index in [0.29, 0.717) is 24.3 Å². The number of nitrogens with two attached hydrogens (primary N) is 1. The van der Waals surface area contributed by atoms with Gasteiger partial charge < -0.3 is 10.5 Å². The second kappa shape index (κ2) is 6.46. The highest BCUT2D eigenvalue weighted by molar-refractivity contribution is 5.23. The van der Waals surface area contributed by atoms with Crippen molar-refractivity contribution in [2.24, 2.45) is 5.73 Å². The third kappa shape index (κ3) is 3.53. The number of hydrogen-bond acceptors (Lipinski definition) is 3. The summed E-state index contributed by atoms with van der Waals surface area (Å²) in [6.07, 6.45) is 2.28. The van der Waals surface area contributed by atoms with Crippen LogP contribution in [0, 0.1) is 12.7 Å². The highest BCUT2D eigenvalue weighted by Crippen LogP contribution is 2.22. The molecule has 4 heteroatoms. The van der Waals surface area contributed by atoms with Crippen LogP contribution in [0.2, 0.25) is 0 Å². The summed E-state index contributed by atoms with van der Waals surface area (Å²) in [6, 6.07) is 5.78. The second-order valence-electron chi connectivity index (χ2n) is 5.33. The molecular weight excluding hydrogens is 243 g/mol. The number of nitrogens with zero attached hydrogens (tertiary/aromatic N) is 1. The predicted molar refractivity (Wildman–Crippen MR) is 74.4 cm³/mol. The fraction of sp³-hybridized carbons (Fsp3) is 0.600. The molecule has 1 aromatic rings. The first-order valence-corrected chi connectivity index (χ1v) is 6.86. The zero-order valence-corrected chi connectivity index (χ0v) is 11.7. The number of rotatable bonds is 4. The van der Waals surface area contributed by atoms with Crippen molar-refractivity contribution in [1.82, 2.24) is 4.90 Å². The third-order valence-electron chi connectivity index (χ3n) is 4.02. The number of piperidine rings is 1. The van der Waals surface area contributed by atoms with E-state index in [4.69, 9.17) is 10.5 Å². The van der Waals surface area contributed by atoms with Crippen molar-refractivity contribution in [2.45, 2.75) is 38.5 Å².